The molecule has 2 aromatic heterocycles. The van der Waals surface area contributed by atoms with Crippen molar-refractivity contribution in [2.24, 2.45) is 0 Å². The Bertz CT molecular complexity index is 975. The highest BCUT2D eigenvalue weighted by Crippen LogP contribution is 2.23. The molecule has 3 rings (SSSR count). The molecule has 2 heterocycles. The normalized spacial score (nSPS) is 10.4. The van der Waals surface area contributed by atoms with Gasteiger partial charge in [0.25, 0.3) is 5.91 Å². The summed E-state index contributed by atoms with van der Waals surface area (Å²) in [6.45, 7) is -0.583. The van der Waals surface area contributed by atoms with Crippen LogP contribution in [-0.4, -0.2) is 43.2 Å². The van der Waals surface area contributed by atoms with Gasteiger partial charge in [-0.05, 0) is 36.6 Å². The Labute approximate surface area is 159 Å². The number of aromatic hydroxyl groups is 1. The number of carboxylic acid groups (broad SMARTS) is 1. The summed E-state index contributed by atoms with van der Waals surface area (Å²) in [7, 11) is 0. The molecule has 0 unspecified atom stereocenters. The third kappa shape index (κ3) is 4.50. The van der Waals surface area contributed by atoms with Crippen molar-refractivity contribution in [1.29, 1.82) is 0 Å². The molecule has 0 saturated heterocycles. The van der Waals surface area contributed by atoms with Crippen LogP contribution in [0.3, 0.4) is 0 Å². The van der Waals surface area contributed by atoms with Crippen LogP contribution in [-0.2, 0) is 17.6 Å². The lowest BCUT2D eigenvalue weighted by Crippen LogP contribution is -2.31. The van der Waals surface area contributed by atoms with Crippen LogP contribution < -0.4 is 5.32 Å². The highest BCUT2D eigenvalue weighted by Gasteiger charge is 2.20. The van der Waals surface area contributed by atoms with E-state index in [0.29, 0.717) is 24.1 Å². The Kier molecular flexibility index (Phi) is 6.30. The minimum absolute atomic E-state index is 0. The van der Waals surface area contributed by atoms with E-state index >= 15 is 0 Å². The number of aromatic nitrogens is 3. The zero-order valence-electron chi connectivity index (χ0n) is 13.9. The summed E-state index contributed by atoms with van der Waals surface area (Å²) in [6.07, 6.45) is 2.30. The van der Waals surface area contributed by atoms with Crippen molar-refractivity contribution in [2.45, 2.75) is 12.8 Å². The van der Waals surface area contributed by atoms with Crippen LogP contribution in [0.1, 0.15) is 21.6 Å². The number of pyridine rings is 1. The zero-order valence-corrected chi connectivity index (χ0v) is 14.7. The molecule has 27 heavy (non-hydrogen) atoms. The summed E-state index contributed by atoms with van der Waals surface area (Å²) >= 11 is 0. The highest BCUT2D eigenvalue weighted by molar-refractivity contribution is 5.97. The Morgan fingerprint density at radius 2 is 1.89 bits per heavy atom. The fourth-order valence-corrected chi connectivity index (χ4v) is 2.60. The molecule has 3 aromatic rings. The predicted octanol–water partition coefficient (Wildman–Crippen LogP) is 1.60. The predicted molar refractivity (Wildman–Crippen MR) is 95.7 cm³/mol. The van der Waals surface area contributed by atoms with E-state index < -0.39 is 18.4 Å². The van der Waals surface area contributed by atoms with Gasteiger partial charge in [0.15, 0.2) is 11.3 Å². The number of fused-ring (bicyclic) bond motifs is 1. The molecule has 1 aromatic carbocycles. The Morgan fingerprint density at radius 3 is 2.56 bits per heavy atom. The average Bonchev–Trinajstić information content (AvgIpc) is 3.08. The highest BCUT2D eigenvalue weighted by atomic mass is 35.5. The van der Waals surface area contributed by atoms with Crippen LogP contribution in [0.4, 0.5) is 4.39 Å². The third-order valence-electron chi connectivity index (χ3n) is 3.81. The lowest BCUT2D eigenvalue weighted by Gasteiger charge is -2.10. The summed E-state index contributed by atoms with van der Waals surface area (Å²) in [6, 6.07) is 7.49. The first-order chi connectivity index (χ1) is 12.5. The number of rotatable bonds is 6. The van der Waals surface area contributed by atoms with Gasteiger partial charge in [0, 0.05) is 5.56 Å². The SMILES string of the molecule is Cl.O=C(O)CNC(=O)c1c(O)cc(CCc2ccc(F)cc2)c2ncnn12. The monoisotopic (exact) mass is 394 g/mol. The maximum Gasteiger partial charge on any atom is 0.322 e. The molecular weight excluding hydrogens is 379 g/mol. The second-order valence-electron chi connectivity index (χ2n) is 5.60. The van der Waals surface area contributed by atoms with Gasteiger partial charge in [0.05, 0.1) is 0 Å². The second kappa shape index (κ2) is 8.45. The van der Waals surface area contributed by atoms with Crippen molar-refractivity contribution in [3.8, 4) is 5.75 Å². The first-order valence-electron chi connectivity index (χ1n) is 7.74. The van der Waals surface area contributed by atoms with Crippen molar-refractivity contribution in [2.75, 3.05) is 6.54 Å². The molecule has 0 bridgehead atoms. The lowest BCUT2D eigenvalue weighted by molar-refractivity contribution is -0.135. The van der Waals surface area contributed by atoms with Crippen molar-refractivity contribution in [3.63, 3.8) is 0 Å². The van der Waals surface area contributed by atoms with E-state index in [9.17, 15) is 19.1 Å². The summed E-state index contributed by atoms with van der Waals surface area (Å²) < 4.78 is 14.1. The lowest BCUT2D eigenvalue weighted by atomic mass is 10.0. The fraction of sp³-hybridized carbons (Fsp3) is 0.176. The van der Waals surface area contributed by atoms with Crippen molar-refractivity contribution >= 4 is 29.9 Å². The van der Waals surface area contributed by atoms with E-state index in [4.69, 9.17) is 5.11 Å². The Morgan fingerprint density at radius 1 is 1.19 bits per heavy atom. The molecule has 142 valence electrons. The molecule has 0 aliphatic rings. The zero-order chi connectivity index (χ0) is 18.7. The number of hydrogen-bond donors (Lipinski definition) is 3. The van der Waals surface area contributed by atoms with Gasteiger partial charge in [-0.1, -0.05) is 12.1 Å². The number of carbonyl (C=O) groups is 2. The van der Waals surface area contributed by atoms with Gasteiger partial charge in [-0.15, -0.1) is 12.4 Å². The number of benzene rings is 1. The molecule has 0 fully saturated rings. The van der Waals surface area contributed by atoms with Crippen molar-refractivity contribution < 1.29 is 24.2 Å². The number of carboxylic acids is 1. The van der Waals surface area contributed by atoms with E-state index in [1.54, 1.807) is 12.1 Å². The maximum atomic E-state index is 13.0. The largest absolute Gasteiger partial charge is 0.505 e. The van der Waals surface area contributed by atoms with Crippen LogP contribution in [0.2, 0.25) is 0 Å². The van der Waals surface area contributed by atoms with E-state index in [1.807, 2.05) is 0 Å². The average molecular weight is 395 g/mol. The number of aryl methyl sites for hydroxylation is 2. The van der Waals surface area contributed by atoms with Crippen LogP contribution in [0, 0.1) is 5.82 Å². The number of amides is 1. The molecule has 0 aliphatic heterocycles. The van der Waals surface area contributed by atoms with Gasteiger partial charge >= 0.3 is 5.97 Å². The molecule has 3 N–H and O–H groups in total. The third-order valence-corrected chi connectivity index (χ3v) is 3.81. The van der Waals surface area contributed by atoms with Gasteiger partial charge < -0.3 is 15.5 Å². The molecule has 0 atom stereocenters. The van der Waals surface area contributed by atoms with Crippen LogP contribution in [0.25, 0.3) is 5.65 Å². The minimum atomic E-state index is -1.21. The van der Waals surface area contributed by atoms with Crippen LogP contribution in [0.15, 0.2) is 36.7 Å². The standard InChI is InChI=1S/C17H15FN4O4.ClH/c18-12-5-2-10(3-6-12)1-4-11-7-13(23)15(17(26)19-8-14(24)25)22-16(11)20-9-21-22;/h2-3,5-7,9,23H,1,4,8H2,(H,19,26)(H,24,25);1H. The Hall–Kier alpha value is -3.20. The fourth-order valence-electron chi connectivity index (χ4n) is 2.60. The molecule has 0 aliphatic carbocycles. The van der Waals surface area contributed by atoms with Crippen molar-refractivity contribution in [3.05, 3.63) is 59.3 Å². The van der Waals surface area contributed by atoms with E-state index in [1.165, 1.54) is 29.0 Å². The number of hydrogen-bond acceptors (Lipinski definition) is 5. The molecule has 0 spiro atoms. The minimum Gasteiger partial charge on any atom is -0.505 e. The summed E-state index contributed by atoms with van der Waals surface area (Å²) in [4.78, 5) is 26.8. The number of halogens is 2. The first kappa shape index (κ1) is 20.1. The first-order valence-corrected chi connectivity index (χ1v) is 7.74. The topological polar surface area (TPSA) is 117 Å². The molecule has 1 amide bonds. The van der Waals surface area contributed by atoms with Gasteiger partial charge in [0.1, 0.15) is 24.4 Å². The van der Waals surface area contributed by atoms with Gasteiger partial charge in [-0.25, -0.2) is 13.9 Å². The van der Waals surface area contributed by atoms with Crippen LogP contribution >= 0.6 is 12.4 Å². The number of aliphatic carboxylic acids is 1. The van der Waals surface area contributed by atoms with E-state index in [-0.39, 0.29) is 29.7 Å². The van der Waals surface area contributed by atoms with Gasteiger partial charge in [-0.3, -0.25) is 9.59 Å². The molecule has 10 heteroatoms. The van der Waals surface area contributed by atoms with Gasteiger partial charge in [0.2, 0.25) is 0 Å². The number of nitrogens with one attached hydrogen (secondary N) is 1. The molecule has 8 nitrogen and oxygen atoms in total. The number of nitrogens with zero attached hydrogens (tertiary/aromatic N) is 3. The van der Waals surface area contributed by atoms with E-state index in [2.05, 4.69) is 15.4 Å². The summed E-state index contributed by atoms with van der Waals surface area (Å²) in [5, 5.41) is 25.0. The van der Waals surface area contributed by atoms with Gasteiger partial charge in [-0.2, -0.15) is 5.10 Å². The molecule has 0 saturated carbocycles. The quantitative estimate of drug-likeness (QED) is 0.584. The summed E-state index contributed by atoms with van der Waals surface area (Å²) in [5.74, 6) is -2.63. The number of carbonyl (C=O) groups excluding carboxylic acids is 1. The second-order valence-corrected chi connectivity index (χ2v) is 5.60. The molecular formula is C17H16ClFN4O4. The smallest absolute Gasteiger partial charge is 0.322 e. The molecule has 0 radical (unpaired) electrons. The van der Waals surface area contributed by atoms with Crippen LogP contribution in [0.5, 0.6) is 5.75 Å². The summed E-state index contributed by atoms with van der Waals surface area (Å²) in [5.41, 5.74) is 1.75. The van der Waals surface area contributed by atoms with Crippen molar-refractivity contribution in [1.82, 2.24) is 19.9 Å². The van der Waals surface area contributed by atoms with E-state index in [0.717, 1.165) is 5.56 Å². The Balaban J connectivity index is 0.00000261. The maximum absolute atomic E-state index is 13.0.